The van der Waals surface area contributed by atoms with Crippen LogP contribution in [0.1, 0.15) is 38.5 Å². The van der Waals surface area contributed by atoms with Crippen molar-refractivity contribution in [2.24, 2.45) is 5.92 Å². The molecule has 1 aliphatic carbocycles. The van der Waals surface area contributed by atoms with E-state index in [0.29, 0.717) is 29.8 Å². The van der Waals surface area contributed by atoms with Crippen LogP contribution >= 0.6 is 15.9 Å². The number of carbonyl (C=O) groups excluding carboxylic acids is 1. The van der Waals surface area contributed by atoms with E-state index in [4.69, 9.17) is 0 Å². The number of likely N-dealkylation sites (N-methyl/N-ethyl adjacent to an activating group) is 1. The highest BCUT2D eigenvalue weighted by Crippen LogP contribution is 2.24. The van der Waals surface area contributed by atoms with Gasteiger partial charge < -0.3 is 9.80 Å². The van der Waals surface area contributed by atoms with E-state index in [0.717, 1.165) is 24.1 Å². The van der Waals surface area contributed by atoms with Gasteiger partial charge in [0.2, 0.25) is 5.91 Å². The van der Waals surface area contributed by atoms with Crippen LogP contribution in [0.25, 0.3) is 10.9 Å². The van der Waals surface area contributed by atoms with Crippen molar-refractivity contribution in [2.75, 3.05) is 33.7 Å². The molecular formula is C22H31BrN4O2. The summed E-state index contributed by atoms with van der Waals surface area (Å²) in [6.07, 6.45) is 8.17. The number of aromatic nitrogens is 2. The Bertz CT molecular complexity index is 890. The van der Waals surface area contributed by atoms with Gasteiger partial charge in [-0.2, -0.15) is 0 Å². The number of aryl methyl sites for hydroxylation is 1. The minimum atomic E-state index is -0.101. The molecule has 1 aromatic heterocycles. The lowest BCUT2D eigenvalue weighted by Crippen LogP contribution is -2.40. The summed E-state index contributed by atoms with van der Waals surface area (Å²) in [5.41, 5.74) is 0.571. The summed E-state index contributed by atoms with van der Waals surface area (Å²) >= 11 is 3.41. The molecule has 0 radical (unpaired) electrons. The lowest BCUT2D eigenvalue weighted by molar-refractivity contribution is -0.132. The van der Waals surface area contributed by atoms with Crippen molar-refractivity contribution < 1.29 is 4.79 Å². The third-order valence-corrected chi connectivity index (χ3v) is 6.22. The Hall–Kier alpha value is -1.73. The van der Waals surface area contributed by atoms with E-state index in [1.165, 1.54) is 32.1 Å². The Morgan fingerprint density at radius 3 is 2.69 bits per heavy atom. The smallest absolute Gasteiger partial charge is 0.261 e. The molecule has 1 amide bonds. The third-order valence-electron chi connectivity index (χ3n) is 5.73. The van der Waals surface area contributed by atoms with Crippen LogP contribution in [0.5, 0.6) is 0 Å². The second kappa shape index (κ2) is 10.3. The number of nitrogens with zero attached hydrogens (tertiary/aromatic N) is 4. The van der Waals surface area contributed by atoms with E-state index in [9.17, 15) is 9.59 Å². The lowest BCUT2D eigenvalue weighted by Gasteiger charge is -2.31. The van der Waals surface area contributed by atoms with Crippen molar-refractivity contribution >= 4 is 32.7 Å². The van der Waals surface area contributed by atoms with Crippen LogP contribution in [0, 0.1) is 5.92 Å². The highest BCUT2D eigenvalue weighted by atomic mass is 79.9. The second-order valence-corrected chi connectivity index (χ2v) is 9.22. The molecule has 0 spiro atoms. The summed E-state index contributed by atoms with van der Waals surface area (Å²) in [4.78, 5) is 34.2. The zero-order valence-electron chi connectivity index (χ0n) is 17.4. The normalized spacial score (nSPS) is 15.2. The van der Waals surface area contributed by atoms with Gasteiger partial charge in [-0.15, -0.1) is 0 Å². The predicted octanol–water partition coefficient (Wildman–Crippen LogP) is 3.52. The largest absolute Gasteiger partial charge is 0.341 e. The maximum absolute atomic E-state index is 13.0. The van der Waals surface area contributed by atoms with Crippen molar-refractivity contribution in [3.05, 3.63) is 39.4 Å². The van der Waals surface area contributed by atoms with Crippen LogP contribution in [0.2, 0.25) is 0 Å². The van der Waals surface area contributed by atoms with Crippen molar-refractivity contribution in [2.45, 2.75) is 45.1 Å². The average molecular weight is 463 g/mol. The second-order valence-electron chi connectivity index (χ2n) is 8.30. The first kappa shape index (κ1) is 22.0. The first-order chi connectivity index (χ1) is 13.9. The molecule has 1 aromatic carbocycles. The van der Waals surface area contributed by atoms with Gasteiger partial charge in [0.25, 0.3) is 5.56 Å². The third kappa shape index (κ3) is 6.12. The van der Waals surface area contributed by atoms with Crippen molar-refractivity contribution in [1.29, 1.82) is 0 Å². The number of amides is 1. The van der Waals surface area contributed by atoms with Crippen molar-refractivity contribution in [3.63, 3.8) is 0 Å². The molecule has 7 heteroatoms. The molecular weight excluding hydrogens is 432 g/mol. The summed E-state index contributed by atoms with van der Waals surface area (Å²) in [7, 11) is 4.06. The number of rotatable bonds is 8. The summed E-state index contributed by atoms with van der Waals surface area (Å²) in [5.74, 6) is 0.732. The average Bonchev–Trinajstić information content (AvgIpc) is 2.71. The van der Waals surface area contributed by atoms with Crippen LogP contribution in [0.4, 0.5) is 0 Å². The molecule has 1 heterocycles. The SMILES string of the molecule is CN(C)CCN(CC1CCCCC1)C(=O)CCn1cnc2ccc(Br)cc2c1=O. The molecule has 1 fully saturated rings. The molecule has 0 bridgehead atoms. The van der Waals surface area contributed by atoms with Crippen LogP contribution in [0.15, 0.2) is 33.8 Å². The maximum atomic E-state index is 13.0. The summed E-state index contributed by atoms with van der Waals surface area (Å²) in [6.45, 7) is 2.78. The molecule has 1 saturated carbocycles. The molecule has 0 unspecified atom stereocenters. The highest BCUT2D eigenvalue weighted by molar-refractivity contribution is 9.10. The summed E-state index contributed by atoms with van der Waals surface area (Å²) < 4.78 is 2.40. The molecule has 2 aromatic rings. The minimum absolute atomic E-state index is 0.101. The predicted molar refractivity (Wildman–Crippen MR) is 120 cm³/mol. The molecule has 6 nitrogen and oxygen atoms in total. The summed E-state index contributed by atoms with van der Waals surface area (Å²) in [5, 5.41) is 0.570. The monoisotopic (exact) mass is 462 g/mol. The Kier molecular flexibility index (Phi) is 7.84. The first-order valence-electron chi connectivity index (χ1n) is 10.5. The molecule has 3 rings (SSSR count). The van der Waals surface area contributed by atoms with Gasteiger partial charge in [0.15, 0.2) is 0 Å². The molecule has 0 atom stereocenters. The van der Waals surface area contributed by atoms with Gasteiger partial charge in [0, 0.05) is 37.1 Å². The van der Waals surface area contributed by atoms with Crippen LogP contribution in [-0.4, -0.2) is 59.0 Å². The first-order valence-corrected chi connectivity index (χ1v) is 11.3. The standard InChI is InChI=1S/C22H31BrN4O2/c1-25(2)12-13-26(15-17-6-4-3-5-7-17)21(28)10-11-27-16-24-20-9-8-18(23)14-19(20)22(27)29/h8-9,14,16-17H,3-7,10-13,15H2,1-2H3. The van der Waals surface area contributed by atoms with Crippen LogP contribution in [0.3, 0.4) is 0 Å². The topological polar surface area (TPSA) is 58.4 Å². The zero-order valence-corrected chi connectivity index (χ0v) is 19.0. The van der Waals surface area contributed by atoms with E-state index in [1.54, 1.807) is 17.0 Å². The van der Waals surface area contributed by atoms with Gasteiger partial charge in [-0.1, -0.05) is 35.2 Å². The lowest BCUT2D eigenvalue weighted by atomic mass is 9.89. The molecule has 1 aliphatic rings. The van der Waals surface area contributed by atoms with Gasteiger partial charge >= 0.3 is 0 Å². The van der Waals surface area contributed by atoms with Gasteiger partial charge in [0.05, 0.1) is 17.2 Å². The fourth-order valence-electron chi connectivity index (χ4n) is 3.98. The summed E-state index contributed by atoms with van der Waals surface area (Å²) in [6, 6.07) is 5.48. The Morgan fingerprint density at radius 1 is 1.21 bits per heavy atom. The fraction of sp³-hybridized carbons (Fsp3) is 0.591. The fourth-order valence-corrected chi connectivity index (χ4v) is 4.35. The van der Waals surface area contributed by atoms with Gasteiger partial charge in [-0.25, -0.2) is 4.98 Å². The van der Waals surface area contributed by atoms with E-state index >= 15 is 0 Å². The van der Waals surface area contributed by atoms with E-state index < -0.39 is 0 Å². The number of halogens is 1. The number of benzene rings is 1. The van der Waals surface area contributed by atoms with Crippen molar-refractivity contribution in [1.82, 2.24) is 19.4 Å². The zero-order chi connectivity index (χ0) is 20.8. The van der Waals surface area contributed by atoms with Crippen molar-refractivity contribution in [3.8, 4) is 0 Å². The van der Waals surface area contributed by atoms with Gasteiger partial charge in [-0.05, 0) is 51.1 Å². The van der Waals surface area contributed by atoms with E-state index in [1.807, 2.05) is 31.1 Å². The maximum Gasteiger partial charge on any atom is 0.261 e. The van der Waals surface area contributed by atoms with E-state index in [2.05, 4.69) is 25.8 Å². The Labute approximate surface area is 181 Å². The van der Waals surface area contributed by atoms with Gasteiger partial charge in [0.1, 0.15) is 0 Å². The van der Waals surface area contributed by atoms with Crippen LogP contribution < -0.4 is 5.56 Å². The molecule has 0 aliphatic heterocycles. The van der Waals surface area contributed by atoms with Crippen LogP contribution in [-0.2, 0) is 11.3 Å². The molecule has 158 valence electrons. The van der Waals surface area contributed by atoms with Gasteiger partial charge in [-0.3, -0.25) is 14.2 Å². The number of carbonyl (C=O) groups is 1. The minimum Gasteiger partial charge on any atom is -0.341 e. The number of hydrogen-bond donors (Lipinski definition) is 0. The highest BCUT2D eigenvalue weighted by Gasteiger charge is 2.21. The Morgan fingerprint density at radius 2 is 1.97 bits per heavy atom. The number of fused-ring (bicyclic) bond motifs is 1. The van der Waals surface area contributed by atoms with E-state index in [-0.39, 0.29) is 11.5 Å². The molecule has 0 saturated heterocycles. The Balaban J connectivity index is 1.67. The number of hydrogen-bond acceptors (Lipinski definition) is 4. The molecule has 0 N–H and O–H groups in total. The quantitative estimate of drug-likeness (QED) is 0.601. The molecule has 29 heavy (non-hydrogen) atoms.